The molecule has 0 radical (unpaired) electrons. The number of aryl methyl sites for hydroxylation is 2. The van der Waals surface area contributed by atoms with Crippen LogP contribution in [0.25, 0.3) is 0 Å². The lowest BCUT2D eigenvalue weighted by Gasteiger charge is -2.10. The molecule has 1 heterocycles. The number of aromatic nitrogens is 1. The van der Waals surface area contributed by atoms with E-state index in [1.807, 2.05) is 19.9 Å². The zero-order chi connectivity index (χ0) is 12.1. The van der Waals surface area contributed by atoms with E-state index in [0.29, 0.717) is 24.4 Å². The highest BCUT2D eigenvalue weighted by Gasteiger charge is 2.15. The Morgan fingerprint density at radius 3 is 2.69 bits per heavy atom. The zero-order valence-corrected chi connectivity index (χ0v) is 10.0. The summed E-state index contributed by atoms with van der Waals surface area (Å²) in [4.78, 5) is 16.0. The number of rotatable bonds is 4. The Morgan fingerprint density at radius 2 is 2.19 bits per heavy atom. The van der Waals surface area contributed by atoms with Gasteiger partial charge in [-0.3, -0.25) is 4.98 Å². The molecule has 2 N–H and O–H groups in total. The van der Waals surface area contributed by atoms with Crippen LogP contribution in [0.5, 0.6) is 0 Å². The molecule has 1 aromatic rings. The van der Waals surface area contributed by atoms with Crippen LogP contribution in [0.3, 0.4) is 0 Å². The molecule has 0 saturated heterocycles. The van der Waals surface area contributed by atoms with Crippen LogP contribution < -0.4 is 5.73 Å². The average Bonchev–Trinajstić information content (AvgIpc) is 2.17. The molecule has 0 atom stereocenters. The third kappa shape index (κ3) is 2.79. The Balaban J connectivity index is 3.07. The Labute approximate surface area is 95.8 Å². The van der Waals surface area contributed by atoms with Crippen LogP contribution in [0.1, 0.15) is 34.2 Å². The Morgan fingerprint density at radius 1 is 1.50 bits per heavy atom. The van der Waals surface area contributed by atoms with Gasteiger partial charge in [0.15, 0.2) is 0 Å². The van der Waals surface area contributed by atoms with E-state index >= 15 is 0 Å². The van der Waals surface area contributed by atoms with Crippen molar-refractivity contribution in [1.82, 2.24) is 4.98 Å². The molecule has 0 fully saturated rings. The third-order valence-corrected chi connectivity index (χ3v) is 2.33. The van der Waals surface area contributed by atoms with Gasteiger partial charge in [0.1, 0.15) is 0 Å². The molecule has 1 aromatic heterocycles. The minimum atomic E-state index is -0.302. The van der Waals surface area contributed by atoms with E-state index in [2.05, 4.69) is 4.98 Å². The van der Waals surface area contributed by atoms with E-state index in [0.717, 1.165) is 17.7 Å². The second-order valence-electron chi connectivity index (χ2n) is 3.65. The maximum Gasteiger partial charge on any atom is 0.340 e. The second-order valence-corrected chi connectivity index (χ2v) is 3.65. The van der Waals surface area contributed by atoms with Crippen LogP contribution in [0, 0.1) is 13.8 Å². The van der Waals surface area contributed by atoms with Gasteiger partial charge in [0.25, 0.3) is 0 Å². The fourth-order valence-electron chi connectivity index (χ4n) is 1.70. The van der Waals surface area contributed by atoms with Gasteiger partial charge >= 0.3 is 5.97 Å². The first-order valence-corrected chi connectivity index (χ1v) is 5.44. The van der Waals surface area contributed by atoms with Gasteiger partial charge in [-0.05, 0) is 38.9 Å². The summed E-state index contributed by atoms with van der Waals surface area (Å²) < 4.78 is 4.99. The van der Waals surface area contributed by atoms with Gasteiger partial charge in [-0.25, -0.2) is 4.79 Å². The summed E-state index contributed by atoms with van der Waals surface area (Å²) in [6.07, 6.45) is 0.727. The van der Waals surface area contributed by atoms with E-state index in [4.69, 9.17) is 10.5 Å². The summed E-state index contributed by atoms with van der Waals surface area (Å²) >= 11 is 0. The predicted octanol–water partition coefficient (Wildman–Crippen LogP) is 1.38. The molecule has 0 bridgehead atoms. The van der Waals surface area contributed by atoms with Crippen LogP contribution in [-0.4, -0.2) is 24.1 Å². The molecule has 0 aromatic carbocycles. The van der Waals surface area contributed by atoms with Crippen molar-refractivity contribution in [2.75, 3.05) is 13.2 Å². The third-order valence-electron chi connectivity index (χ3n) is 2.33. The summed E-state index contributed by atoms with van der Waals surface area (Å²) in [5, 5.41) is 0. The highest BCUT2D eigenvalue weighted by atomic mass is 16.5. The molecule has 0 unspecified atom stereocenters. The van der Waals surface area contributed by atoms with Crippen LogP contribution in [-0.2, 0) is 11.2 Å². The van der Waals surface area contributed by atoms with Crippen LogP contribution >= 0.6 is 0 Å². The molecule has 16 heavy (non-hydrogen) atoms. The highest BCUT2D eigenvalue weighted by Crippen LogP contribution is 2.15. The van der Waals surface area contributed by atoms with Gasteiger partial charge < -0.3 is 10.5 Å². The number of hydrogen-bond donors (Lipinski definition) is 1. The number of nitrogens with two attached hydrogens (primary N) is 1. The smallest absolute Gasteiger partial charge is 0.340 e. The van der Waals surface area contributed by atoms with Crippen molar-refractivity contribution in [3.05, 3.63) is 28.6 Å². The van der Waals surface area contributed by atoms with Crippen molar-refractivity contribution in [3.63, 3.8) is 0 Å². The summed E-state index contributed by atoms with van der Waals surface area (Å²) in [6.45, 7) is 6.44. The van der Waals surface area contributed by atoms with Crippen molar-refractivity contribution in [2.24, 2.45) is 5.73 Å². The van der Waals surface area contributed by atoms with Gasteiger partial charge in [0, 0.05) is 12.1 Å². The molecule has 0 aliphatic carbocycles. The monoisotopic (exact) mass is 222 g/mol. The molecule has 1 rings (SSSR count). The molecule has 4 nitrogen and oxygen atoms in total. The summed E-state index contributed by atoms with van der Waals surface area (Å²) in [5.41, 5.74) is 8.58. The number of pyridine rings is 1. The Kier molecular flexibility index (Phi) is 4.43. The van der Waals surface area contributed by atoms with E-state index in [1.54, 1.807) is 6.92 Å². The molecule has 0 aliphatic rings. The number of carbonyl (C=O) groups is 1. The highest BCUT2D eigenvalue weighted by molar-refractivity contribution is 5.92. The van der Waals surface area contributed by atoms with Crippen molar-refractivity contribution in [1.29, 1.82) is 0 Å². The lowest BCUT2D eigenvalue weighted by molar-refractivity contribution is 0.0524. The normalized spacial score (nSPS) is 10.2. The first-order chi connectivity index (χ1) is 7.60. The number of carbonyl (C=O) groups excluding carboxylic acids is 1. The molecule has 88 valence electrons. The summed E-state index contributed by atoms with van der Waals surface area (Å²) in [6, 6.07) is 1.89. The lowest BCUT2D eigenvalue weighted by atomic mass is 10.1. The first-order valence-electron chi connectivity index (χ1n) is 5.44. The van der Waals surface area contributed by atoms with Crippen molar-refractivity contribution in [3.8, 4) is 0 Å². The number of ether oxygens (including phenoxy) is 1. The fourth-order valence-corrected chi connectivity index (χ4v) is 1.70. The molecule has 0 spiro atoms. The van der Waals surface area contributed by atoms with Gasteiger partial charge in [0.2, 0.25) is 0 Å². The number of nitrogens with zero attached hydrogens (tertiary/aromatic N) is 1. The minimum Gasteiger partial charge on any atom is -0.462 e. The van der Waals surface area contributed by atoms with E-state index in [9.17, 15) is 4.79 Å². The largest absolute Gasteiger partial charge is 0.462 e. The topological polar surface area (TPSA) is 65.2 Å². The van der Waals surface area contributed by atoms with Crippen LogP contribution in [0.2, 0.25) is 0 Å². The standard InChI is InChI=1S/C12H18N2O2/c1-4-16-12(15)11-8(2)7-10(5-6-13)14-9(11)3/h7H,4-6,13H2,1-3H3. The van der Waals surface area contributed by atoms with Crippen molar-refractivity contribution in [2.45, 2.75) is 27.2 Å². The first kappa shape index (κ1) is 12.6. The summed E-state index contributed by atoms with van der Waals surface area (Å²) in [5.74, 6) is -0.302. The molecular weight excluding hydrogens is 204 g/mol. The fraction of sp³-hybridized carbons (Fsp3) is 0.500. The average molecular weight is 222 g/mol. The maximum atomic E-state index is 11.7. The van der Waals surface area contributed by atoms with Gasteiger partial charge in [-0.15, -0.1) is 0 Å². The van der Waals surface area contributed by atoms with Gasteiger partial charge in [-0.1, -0.05) is 0 Å². The quantitative estimate of drug-likeness (QED) is 0.781. The molecule has 0 aliphatic heterocycles. The van der Waals surface area contributed by atoms with Gasteiger partial charge in [-0.2, -0.15) is 0 Å². The Bertz CT molecular complexity index is 366. The van der Waals surface area contributed by atoms with E-state index in [-0.39, 0.29) is 5.97 Å². The SMILES string of the molecule is CCOC(=O)c1c(C)cc(CCN)nc1C. The van der Waals surface area contributed by atoms with E-state index in [1.165, 1.54) is 0 Å². The van der Waals surface area contributed by atoms with Crippen molar-refractivity contribution >= 4 is 5.97 Å². The summed E-state index contributed by atoms with van der Waals surface area (Å²) in [7, 11) is 0. The number of esters is 1. The van der Waals surface area contributed by atoms with Crippen molar-refractivity contribution < 1.29 is 9.53 Å². The molecular formula is C12H18N2O2. The van der Waals surface area contributed by atoms with E-state index < -0.39 is 0 Å². The number of hydrogen-bond acceptors (Lipinski definition) is 4. The molecule has 4 heteroatoms. The Hall–Kier alpha value is -1.42. The molecule has 0 saturated carbocycles. The van der Waals surface area contributed by atoms with Gasteiger partial charge in [0.05, 0.1) is 17.9 Å². The van der Waals surface area contributed by atoms with Crippen LogP contribution in [0.15, 0.2) is 6.07 Å². The predicted molar refractivity (Wildman–Crippen MR) is 62.4 cm³/mol. The molecule has 0 amide bonds. The zero-order valence-electron chi connectivity index (χ0n) is 10.0. The van der Waals surface area contributed by atoms with Crippen LogP contribution in [0.4, 0.5) is 0 Å². The lowest BCUT2D eigenvalue weighted by Crippen LogP contribution is -2.12. The second kappa shape index (κ2) is 5.61. The maximum absolute atomic E-state index is 11.7. The minimum absolute atomic E-state index is 0.302.